The summed E-state index contributed by atoms with van der Waals surface area (Å²) < 4.78 is 0. The van der Waals surface area contributed by atoms with Gasteiger partial charge in [0, 0.05) is 39.5 Å². The summed E-state index contributed by atoms with van der Waals surface area (Å²) in [5.41, 5.74) is 43.2. The lowest BCUT2D eigenvalue weighted by atomic mass is 9.67. The minimum Gasteiger partial charge on any atom is -0.310 e. The zero-order chi connectivity index (χ0) is 85.3. The van der Waals surface area contributed by atoms with Gasteiger partial charge in [-0.25, -0.2) is 0 Å². The Kier molecular flexibility index (Phi) is 19.0. The lowest BCUT2D eigenvalue weighted by Gasteiger charge is -2.34. The second-order valence-electron chi connectivity index (χ2n) is 34.8. The molecule has 20 aromatic carbocycles. The van der Waals surface area contributed by atoms with E-state index in [2.05, 4.69) is 533 Å². The largest absolute Gasteiger partial charge is 0.310 e. The molecule has 0 aliphatic heterocycles. The molecule has 0 fully saturated rings. The van der Waals surface area contributed by atoms with Gasteiger partial charge in [0.15, 0.2) is 0 Å². The van der Waals surface area contributed by atoms with E-state index in [0.717, 1.165) is 34.1 Å². The number of anilines is 6. The first-order valence-corrected chi connectivity index (χ1v) is 44.7. The van der Waals surface area contributed by atoms with Crippen molar-refractivity contribution in [2.24, 2.45) is 0 Å². The van der Waals surface area contributed by atoms with Crippen LogP contribution < -0.4 is 9.80 Å². The summed E-state index contributed by atoms with van der Waals surface area (Å²) in [4.78, 5) is 4.87. The lowest BCUT2D eigenvalue weighted by Crippen LogP contribution is -2.28. The maximum atomic E-state index is 2.44. The van der Waals surface area contributed by atoms with Crippen LogP contribution in [0.5, 0.6) is 0 Å². The molecule has 2 nitrogen and oxygen atoms in total. The highest BCUT2D eigenvalue weighted by Gasteiger charge is 2.50. The van der Waals surface area contributed by atoms with Crippen LogP contribution >= 0.6 is 0 Å². The SMILES string of the molecule is CC1(C)c2ccccc2-c2ccc(N(c3ccc(-c4ccccc4)cc3)c3cccc(-c4cccc5c4-c4ccccc4C5(c4ccccc4)c4ccccc4)c3)cc21.c1ccc(-c2cccc(N(c3ccc(-c4cccc5c4-c4ccccc4C5(c4ccccc4)c4ccccc4)cc3)c3ccc4c(c3)-c3ccccc3C4(c3ccccc3)c3ccccc3)c2)cc1. The van der Waals surface area contributed by atoms with E-state index in [0.29, 0.717) is 0 Å². The molecule has 0 bridgehead atoms. The van der Waals surface area contributed by atoms with E-state index in [-0.39, 0.29) is 5.41 Å². The Morgan fingerprint density at radius 3 is 0.859 bits per heavy atom. The summed E-state index contributed by atoms with van der Waals surface area (Å²) >= 11 is 0. The molecule has 4 aliphatic carbocycles. The van der Waals surface area contributed by atoms with Crippen LogP contribution in [-0.2, 0) is 21.7 Å². The molecule has 20 aromatic rings. The zero-order valence-electron chi connectivity index (χ0n) is 71.4. The van der Waals surface area contributed by atoms with E-state index in [4.69, 9.17) is 0 Å². The number of rotatable bonds is 16. The molecular weight excluding hydrogens is 1540 g/mol. The Morgan fingerprint density at radius 2 is 0.406 bits per heavy atom. The van der Waals surface area contributed by atoms with Crippen LogP contribution in [0.4, 0.5) is 34.1 Å². The minimum atomic E-state index is -0.472. The van der Waals surface area contributed by atoms with Crippen molar-refractivity contribution >= 4 is 34.1 Å². The third-order valence-corrected chi connectivity index (χ3v) is 27.8. The Bertz CT molecular complexity index is 7420. The van der Waals surface area contributed by atoms with Crippen LogP contribution in [-0.4, -0.2) is 0 Å². The zero-order valence-corrected chi connectivity index (χ0v) is 71.4. The molecule has 0 spiro atoms. The molecule has 128 heavy (non-hydrogen) atoms. The van der Waals surface area contributed by atoms with Crippen molar-refractivity contribution < 1.29 is 0 Å². The van der Waals surface area contributed by atoms with Crippen LogP contribution in [0, 0.1) is 0 Å². The van der Waals surface area contributed by atoms with E-state index < -0.39 is 16.2 Å². The number of fused-ring (bicyclic) bond motifs is 12. The van der Waals surface area contributed by atoms with E-state index in [9.17, 15) is 0 Å². The topological polar surface area (TPSA) is 6.48 Å². The van der Waals surface area contributed by atoms with E-state index in [1.807, 2.05) is 0 Å². The third-order valence-electron chi connectivity index (χ3n) is 27.8. The molecule has 2 heteroatoms. The first kappa shape index (κ1) is 76.9. The summed E-state index contributed by atoms with van der Waals surface area (Å²) in [6.07, 6.45) is 0. The fraction of sp³-hybridized carbons (Fsp3) is 0.0476. The van der Waals surface area contributed by atoms with Gasteiger partial charge in [-0.05, 0) is 240 Å². The molecular formula is C126H90N2. The molecule has 0 unspecified atom stereocenters. The maximum absolute atomic E-state index is 2.44. The quantitative estimate of drug-likeness (QED) is 0.0951. The smallest absolute Gasteiger partial charge is 0.0713 e. The predicted molar refractivity (Wildman–Crippen MR) is 533 cm³/mol. The van der Waals surface area contributed by atoms with Crippen LogP contribution in [0.1, 0.15) is 91.7 Å². The molecule has 0 amide bonds. The van der Waals surface area contributed by atoms with E-state index >= 15 is 0 Å². The number of nitrogens with zero attached hydrogens (tertiary/aromatic N) is 2. The van der Waals surface area contributed by atoms with Crippen LogP contribution in [0.15, 0.2) is 510 Å². The maximum Gasteiger partial charge on any atom is 0.0713 e. The van der Waals surface area contributed by atoms with E-state index in [1.54, 1.807) is 0 Å². The highest BCUT2D eigenvalue weighted by Crippen LogP contribution is 2.63. The molecule has 0 atom stereocenters. The monoisotopic (exact) mass is 1630 g/mol. The summed E-state index contributed by atoms with van der Waals surface area (Å²) in [5, 5.41) is 0. The highest BCUT2D eigenvalue weighted by atomic mass is 15.1. The Labute approximate surface area is 750 Å². The molecule has 604 valence electrons. The first-order chi connectivity index (χ1) is 63.3. The second kappa shape index (κ2) is 31.7. The summed E-state index contributed by atoms with van der Waals surface area (Å²) in [6, 6.07) is 188. The number of benzene rings is 20. The fourth-order valence-corrected chi connectivity index (χ4v) is 22.3. The van der Waals surface area contributed by atoms with Crippen molar-refractivity contribution in [3.05, 3.63) is 587 Å². The average Bonchev–Trinajstić information content (AvgIpc) is 1.55. The molecule has 4 aliphatic rings. The summed E-state index contributed by atoms with van der Waals surface area (Å²) in [7, 11) is 0. The van der Waals surface area contributed by atoms with Crippen LogP contribution in [0.25, 0.3) is 89.0 Å². The first-order valence-electron chi connectivity index (χ1n) is 44.7. The standard InChI is InChI=1S/C68H47N.C58H43N/c1-6-22-48(23-7-1)50-24-20-33-56(46-50)69(57-44-45-64-61(47-57)59-34-16-18-37-62(59)67(64,51-25-8-2-9-26-51)52-27-10-3-11-28-52)55-42-40-49(41-43-55)58-36-21-39-65-66(58)60-35-17-19-38-63(60)68(65,53-29-12-4-13-30-53)54-31-14-5-15-32-54;1-57(2)52-29-14-12-26-49(52)50-37-36-47(39-55(50)57)59(45-34-32-41(33-35-45)40-18-6-3-7-19-40)46-25-16-20-42(38-46)48-28-17-31-54-56(48)51-27-13-15-30-53(51)58(54,43-21-8-4-9-22-43)44-23-10-5-11-24-44/h1-47H;3-39H,1-2H3. The molecule has 0 saturated carbocycles. The second-order valence-corrected chi connectivity index (χ2v) is 34.8. The van der Waals surface area contributed by atoms with Crippen molar-refractivity contribution in [1.82, 2.24) is 0 Å². The van der Waals surface area contributed by atoms with Gasteiger partial charge in [-0.3, -0.25) is 0 Å². The Hall–Kier alpha value is -16.0. The molecule has 0 N–H and O–H groups in total. The Morgan fingerprint density at radius 1 is 0.141 bits per heavy atom. The summed E-state index contributed by atoms with van der Waals surface area (Å²) in [6.45, 7) is 4.72. The predicted octanol–water partition coefficient (Wildman–Crippen LogP) is 32.4. The highest BCUT2D eigenvalue weighted by molar-refractivity contribution is 6.00. The van der Waals surface area contributed by atoms with Gasteiger partial charge in [-0.2, -0.15) is 0 Å². The van der Waals surface area contributed by atoms with Crippen molar-refractivity contribution in [3.8, 4) is 89.0 Å². The van der Waals surface area contributed by atoms with Gasteiger partial charge in [0.05, 0.1) is 16.2 Å². The van der Waals surface area contributed by atoms with Gasteiger partial charge < -0.3 is 9.80 Å². The fourth-order valence-electron chi connectivity index (χ4n) is 22.3. The van der Waals surface area contributed by atoms with Gasteiger partial charge in [0.1, 0.15) is 0 Å². The lowest BCUT2D eigenvalue weighted by molar-refractivity contribution is 0.660. The van der Waals surface area contributed by atoms with Crippen molar-refractivity contribution in [1.29, 1.82) is 0 Å². The van der Waals surface area contributed by atoms with Crippen molar-refractivity contribution in [3.63, 3.8) is 0 Å². The minimum absolute atomic E-state index is 0.116. The molecule has 0 aromatic heterocycles. The normalized spacial score (nSPS) is 13.6. The van der Waals surface area contributed by atoms with Crippen molar-refractivity contribution in [2.45, 2.75) is 35.5 Å². The molecule has 0 heterocycles. The van der Waals surface area contributed by atoms with E-state index in [1.165, 1.54) is 167 Å². The van der Waals surface area contributed by atoms with Gasteiger partial charge >= 0.3 is 0 Å². The summed E-state index contributed by atoms with van der Waals surface area (Å²) in [5.74, 6) is 0. The number of hydrogen-bond donors (Lipinski definition) is 0. The molecule has 24 rings (SSSR count). The van der Waals surface area contributed by atoms with Crippen molar-refractivity contribution in [2.75, 3.05) is 9.80 Å². The van der Waals surface area contributed by atoms with Gasteiger partial charge in [-0.1, -0.05) is 451 Å². The molecule has 0 radical (unpaired) electrons. The number of hydrogen-bond acceptors (Lipinski definition) is 2. The average molecular weight is 1630 g/mol. The van der Waals surface area contributed by atoms with Gasteiger partial charge in [-0.15, -0.1) is 0 Å². The van der Waals surface area contributed by atoms with Crippen LogP contribution in [0.2, 0.25) is 0 Å². The van der Waals surface area contributed by atoms with Crippen LogP contribution in [0.3, 0.4) is 0 Å². The Balaban J connectivity index is 0.000000148. The third kappa shape index (κ3) is 12.3. The molecule has 0 saturated heterocycles. The van der Waals surface area contributed by atoms with Gasteiger partial charge in [0.25, 0.3) is 0 Å². The van der Waals surface area contributed by atoms with Gasteiger partial charge in [0.2, 0.25) is 0 Å².